The summed E-state index contributed by atoms with van der Waals surface area (Å²) in [5.41, 5.74) is 0. The molecule has 0 aliphatic carbocycles. The zero-order valence-corrected chi connectivity index (χ0v) is 15.0. The minimum absolute atomic E-state index is 0.142. The highest BCUT2D eigenvalue weighted by atomic mass is 79.9. The monoisotopic (exact) mass is 446 g/mol. The first-order valence-electron chi connectivity index (χ1n) is 4.82. The van der Waals surface area contributed by atoms with Crippen molar-refractivity contribution in [2.45, 2.75) is 10.8 Å². The standard InChI is InChI=1S/C11H6Br2Cl2OS2/c12-7-3-1-5(17-7)9(14)10(15)11(16)6-2-4-8(13)18-6/h1-4,9-10H. The van der Waals surface area contributed by atoms with Crippen molar-refractivity contribution in [3.63, 3.8) is 0 Å². The molecule has 0 fully saturated rings. The Bertz CT molecular complexity index is 567. The maximum Gasteiger partial charge on any atom is 0.192 e. The molecule has 2 aromatic heterocycles. The Morgan fingerprint density at radius 1 is 1.06 bits per heavy atom. The van der Waals surface area contributed by atoms with Crippen LogP contribution < -0.4 is 0 Å². The van der Waals surface area contributed by atoms with E-state index in [0.29, 0.717) is 4.88 Å². The second kappa shape index (κ2) is 6.37. The van der Waals surface area contributed by atoms with Crippen LogP contribution in [0.4, 0.5) is 0 Å². The lowest BCUT2D eigenvalue weighted by molar-refractivity contribution is 0.0989. The average Bonchev–Trinajstić information content (AvgIpc) is 2.95. The highest BCUT2D eigenvalue weighted by Crippen LogP contribution is 2.37. The van der Waals surface area contributed by atoms with Crippen LogP contribution in [0.25, 0.3) is 0 Å². The average molecular weight is 449 g/mol. The van der Waals surface area contributed by atoms with Gasteiger partial charge in [-0.25, -0.2) is 0 Å². The molecule has 2 atom stereocenters. The fourth-order valence-electron chi connectivity index (χ4n) is 1.34. The molecule has 0 saturated heterocycles. The Morgan fingerprint density at radius 3 is 2.17 bits per heavy atom. The highest BCUT2D eigenvalue weighted by molar-refractivity contribution is 9.11. The van der Waals surface area contributed by atoms with Crippen LogP contribution in [0, 0.1) is 0 Å². The van der Waals surface area contributed by atoms with Gasteiger partial charge in [-0.2, -0.15) is 0 Å². The topological polar surface area (TPSA) is 17.1 Å². The van der Waals surface area contributed by atoms with E-state index < -0.39 is 10.8 Å². The summed E-state index contributed by atoms with van der Waals surface area (Å²) >= 11 is 21.9. The molecule has 1 nitrogen and oxygen atoms in total. The van der Waals surface area contributed by atoms with E-state index in [-0.39, 0.29) is 5.78 Å². The predicted octanol–water partition coefficient (Wildman–Crippen LogP) is 6.10. The van der Waals surface area contributed by atoms with Crippen LogP contribution in [-0.4, -0.2) is 11.2 Å². The van der Waals surface area contributed by atoms with Gasteiger partial charge >= 0.3 is 0 Å². The van der Waals surface area contributed by atoms with Crippen molar-refractivity contribution in [2.75, 3.05) is 0 Å². The summed E-state index contributed by atoms with van der Waals surface area (Å²) in [4.78, 5) is 13.6. The van der Waals surface area contributed by atoms with E-state index in [1.807, 2.05) is 18.2 Å². The number of ketones is 1. The van der Waals surface area contributed by atoms with Gasteiger partial charge in [-0.15, -0.1) is 45.9 Å². The second-order valence-electron chi connectivity index (χ2n) is 3.41. The van der Waals surface area contributed by atoms with Crippen LogP contribution in [0.5, 0.6) is 0 Å². The number of thiophene rings is 2. The molecule has 0 N–H and O–H groups in total. The molecule has 7 heteroatoms. The van der Waals surface area contributed by atoms with E-state index in [4.69, 9.17) is 23.2 Å². The van der Waals surface area contributed by atoms with Crippen LogP contribution in [0.1, 0.15) is 19.9 Å². The van der Waals surface area contributed by atoms with E-state index in [0.717, 1.165) is 12.4 Å². The van der Waals surface area contributed by atoms with Crippen molar-refractivity contribution in [2.24, 2.45) is 0 Å². The summed E-state index contributed by atoms with van der Waals surface area (Å²) in [6.07, 6.45) is 0. The van der Waals surface area contributed by atoms with Crippen molar-refractivity contribution in [3.8, 4) is 0 Å². The Labute approximate surface area is 139 Å². The van der Waals surface area contributed by atoms with Gasteiger partial charge in [-0.1, -0.05) is 0 Å². The minimum atomic E-state index is -0.761. The second-order valence-corrected chi connectivity index (χ2v) is 9.31. The fraction of sp³-hybridized carbons (Fsp3) is 0.182. The number of halogens is 4. The molecule has 0 aliphatic heterocycles. The quantitative estimate of drug-likeness (QED) is 0.407. The van der Waals surface area contributed by atoms with Gasteiger partial charge in [0.15, 0.2) is 5.78 Å². The van der Waals surface area contributed by atoms with Gasteiger partial charge < -0.3 is 0 Å². The Hall–Kier alpha value is 0.610. The molecular formula is C11H6Br2Cl2OS2. The number of rotatable bonds is 4. The Kier molecular flexibility index (Phi) is 5.31. The molecule has 0 spiro atoms. The van der Waals surface area contributed by atoms with Crippen molar-refractivity contribution < 1.29 is 4.79 Å². The number of carbonyl (C=O) groups is 1. The molecule has 96 valence electrons. The number of carbonyl (C=O) groups excluding carboxylic acids is 1. The van der Waals surface area contributed by atoms with Gasteiger partial charge in [0, 0.05) is 4.88 Å². The van der Waals surface area contributed by atoms with Crippen LogP contribution >= 0.6 is 77.7 Å². The third kappa shape index (κ3) is 3.38. The molecule has 0 aromatic carbocycles. The fourth-order valence-corrected chi connectivity index (χ4v) is 4.85. The largest absolute Gasteiger partial charge is 0.292 e. The molecular weight excluding hydrogens is 443 g/mol. The van der Waals surface area contributed by atoms with Crippen molar-refractivity contribution in [3.05, 3.63) is 41.6 Å². The molecule has 2 heterocycles. The molecule has 2 unspecified atom stereocenters. The number of Topliss-reactive ketones (excluding diaryl/α,β-unsaturated/α-hetero) is 1. The normalized spacial score (nSPS) is 14.4. The van der Waals surface area contributed by atoms with Crippen LogP contribution in [0.15, 0.2) is 31.8 Å². The summed E-state index contributed by atoms with van der Waals surface area (Å²) < 4.78 is 1.87. The molecule has 0 saturated carbocycles. The number of alkyl halides is 2. The molecule has 0 radical (unpaired) electrons. The van der Waals surface area contributed by atoms with Crippen molar-refractivity contribution in [1.29, 1.82) is 0 Å². The number of hydrogen-bond donors (Lipinski definition) is 0. The smallest absolute Gasteiger partial charge is 0.192 e. The predicted molar refractivity (Wildman–Crippen MR) is 86.6 cm³/mol. The third-order valence-electron chi connectivity index (χ3n) is 2.19. The summed E-state index contributed by atoms with van der Waals surface area (Å²) in [6.45, 7) is 0. The lowest BCUT2D eigenvalue weighted by Crippen LogP contribution is -2.18. The zero-order valence-electron chi connectivity index (χ0n) is 8.70. The summed E-state index contributed by atoms with van der Waals surface area (Å²) in [5.74, 6) is -0.142. The van der Waals surface area contributed by atoms with Crippen molar-refractivity contribution in [1.82, 2.24) is 0 Å². The Morgan fingerprint density at radius 2 is 1.67 bits per heavy atom. The maximum absolute atomic E-state index is 12.1. The van der Waals surface area contributed by atoms with E-state index >= 15 is 0 Å². The lowest BCUT2D eigenvalue weighted by atomic mass is 10.1. The third-order valence-corrected chi connectivity index (χ3v) is 6.73. The first kappa shape index (κ1) is 15.0. The first-order valence-corrected chi connectivity index (χ1v) is 8.91. The molecule has 18 heavy (non-hydrogen) atoms. The molecule has 0 bridgehead atoms. The van der Waals surface area contributed by atoms with Crippen LogP contribution in [0.2, 0.25) is 0 Å². The van der Waals surface area contributed by atoms with Gasteiger partial charge in [-0.3, -0.25) is 4.79 Å². The van der Waals surface area contributed by atoms with Gasteiger partial charge in [0.25, 0.3) is 0 Å². The summed E-state index contributed by atoms with van der Waals surface area (Å²) in [5, 5.41) is -1.28. The van der Waals surface area contributed by atoms with Crippen LogP contribution in [0.3, 0.4) is 0 Å². The van der Waals surface area contributed by atoms with E-state index in [1.54, 1.807) is 6.07 Å². The highest BCUT2D eigenvalue weighted by Gasteiger charge is 2.28. The lowest BCUT2D eigenvalue weighted by Gasteiger charge is -2.12. The number of hydrogen-bond acceptors (Lipinski definition) is 3. The van der Waals surface area contributed by atoms with Gasteiger partial charge in [-0.05, 0) is 56.1 Å². The molecule has 0 amide bonds. The minimum Gasteiger partial charge on any atom is -0.292 e. The molecule has 0 aliphatic rings. The summed E-state index contributed by atoms with van der Waals surface area (Å²) in [6, 6.07) is 7.34. The molecule has 2 aromatic rings. The summed E-state index contributed by atoms with van der Waals surface area (Å²) in [7, 11) is 0. The SMILES string of the molecule is O=C(c1ccc(Br)s1)C(Cl)C(Cl)c1ccc(Br)s1. The van der Waals surface area contributed by atoms with Crippen LogP contribution in [-0.2, 0) is 0 Å². The van der Waals surface area contributed by atoms with Gasteiger partial charge in [0.1, 0.15) is 5.38 Å². The van der Waals surface area contributed by atoms with E-state index in [2.05, 4.69) is 31.9 Å². The van der Waals surface area contributed by atoms with E-state index in [1.165, 1.54) is 22.7 Å². The van der Waals surface area contributed by atoms with Gasteiger partial charge in [0.2, 0.25) is 0 Å². The first-order chi connectivity index (χ1) is 8.49. The Balaban J connectivity index is 2.16. The zero-order chi connectivity index (χ0) is 13.3. The van der Waals surface area contributed by atoms with Gasteiger partial charge in [0.05, 0.1) is 17.8 Å². The molecule has 2 rings (SSSR count). The maximum atomic E-state index is 12.1. The van der Waals surface area contributed by atoms with E-state index in [9.17, 15) is 4.79 Å². The van der Waals surface area contributed by atoms with Crippen molar-refractivity contribution >= 4 is 83.5 Å².